The number of nitrogens with zero attached hydrogens (tertiary/aromatic N) is 3. The summed E-state index contributed by atoms with van der Waals surface area (Å²) in [5.74, 6) is -0.0590. The molecule has 2 aliphatic heterocycles. The topological polar surface area (TPSA) is 114 Å². The molecule has 5 rings (SSSR count). The molecular weight excluding hydrogens is 454 g/mol. The van der Waals surface area contributed by atoms with Gasteiger partial charge in [0.25, 0.3) is 15.9 Å². The van der Waals surface area contributed by atoms with Gasteiger partial charge in [-0.1, -0.05) is 24.3 Å². The number of fused-ring (bicyclic) bond motifs is 6. The third-order valence-corrected chi connectivity index (χ3v) is 7.36. The predicted octanol–water partition coefficient (Wildman–Crippen LogP) is 2.37. The van der Waals surface area contributed by atoms with E-state index in [0.717, 1.165) is 16.7 Å². The largest absolute Gasteiger partial charge is 0.476 e. The minimum atomic E-state index is -4.05. The Kier molecular flexibility index (Phi) is 5.70. The normalized spacial score (nSPS) is 19.5. The van der Waals surface area contributed by atoms with Gasteiger partial charge in [0.1, 0.15) is 6.61 Å². The lowest BCUT2D eigenvalue weighted by Gasteiger charge is -2.33. The molecule has 6 bridgehead atoms. The van der Waals surface area contributed by atoms with Crippen LogP contribution in [0.5, 0.6) is 5.88 Å². The van der Waals surface area contributed by atoms with Crippen molar-refractivity contribution in [3.8, 4) is 17.1 Å². The zero-order valence-electron chi connectivity index (χ0n) is 18.9. The molecule has 10 heteroatoms. The number of carbonyl (C=O) groups is 1. The number of piperazine rings is 1. The van der Waals surface area contributed by atoms with E-state index in [1.807, 2.05) is 32.0 Å². The van der Waals surface area contributed by atoms with Gasteiger partial charge >= 0.3 is 0 Å². The summed E-state index contributed by atoms with van der Waals surface area (Å²) in [4.78, 5) is 23.6. The molecule has 1 amide bonds. The first-order valence-corrected chi connectivity index (χ1v) is 12.5. The number of hydrogen-bond donors (Lipinski definition) is 2. The molecule has 1 unspecified atom stereocenters. The number of ether oxygens (including phenoxy) is 1. The number of nitrogens with one attached hydrogen (secondary N) is 2. The van der Waals surface area contributed by atoms with Crippen molar-refractivity contribution in [2.75, 3.05) is 31.0 Å². The van der Waals surface area contributed by atoms with Crippen LogP contribution in [0.15, 0.2) is 53.4 Å². The molecule has 9 nitrogen and oxygen atoms in total. The highest BCUT2D eigenvalue weighted by Gasteiger charge is 2.27. The number of benzene rings is 2. The fraction of sp³-hybridized carbons (Fsp3) is 0.292. The van der Waals surface area contributed by atoms with Gasteiger partial charge in [0, 0.05) is 36.8 Å². The average Bonchev–Trinajstić information content (AvgIpc) is 2.82. The maximum atomic E-state index is 13.2. The number of sulfonamides is 1. The van der Waals surface area contributed by atoms with E-state index in [-0.39, 0.29) is 35.3 Å². The Balaban J connectivity index is 1.64. The van der Waals surface area contributed by atoms with E-state index in [2.05, 4.69) is 20.0 Å². The van der Waals surface area contributed by atoms with Crippen molar-refractivity contribution in [2.45, 2.75) is 24.8 Å². The van der Waals surface area contributed by atoms with Crippen molar-refractivity contribution < 1.29 is 17.9 Å². The second-order valence-electron chi connectivity index (χ2n) is 8.53. The van der Waals surface area contributed by atoms with Crippen molar-refractivity contribution in [3.63, 3.8) is 0 Å². The molecule has 2 N–H and O–H groups in total. The molecule has 1 fully saturated rings. The zero-order valence-corrected chi connectivity index (χ0v) is 19.7. The van der Waals surface area contributed by atoms with E-state index in [1.165, 1.54) is 12.1 Å². The summed E-state index contributed by atoms with van der Waals surface area (Å²) in [6.45, 7) is 5.80. The minimum Gasteiger partial charge on any atom is -0.476 e. The number of amides is 1. The fourth-order valence-corrected chi connectivity index (χ4v) is 5.35. The molecular formula is C24H25N5O4S. The van der Waals surface area contributed by atoms with Gasteiger partial charge in [-0.2, -0.15) is 4.98 Å². The minimum absolute atomic E-state index is 0.0364. The molecule has 0 radical (unpaired) electrons. The Hall–Kier alpha value is -3.50. The van der Waals surface area contributed by atoms with Gasteiger partial charge in [-0.05, 0) is 43.2 Å². The van der Waals surface area contributed by atoms with Gasteiger partial charge in [-0.25, -0.2) is 18.1 Å². The van der Waals surface area contributed by atoms with Crippen LogP contribution in [0.3, 0.4) is 0 Å². The third-order valence-electron chi connectivity index (χ3n) is 6.03. The first kappa shape index (κ1) is 22.3. The van der Waals surface area contributed by atoms with E-state index in [1.54, 1.807) is 23.1 Å². The lowest BCUT2D eigenvalue weighted by atomic mass is 10.00. The van der Waals surface area contributed by atoms with Crippen LogP contribution in [-0.4, -0.2) is 61.5 Å². The van der Waals surface area contributed by atoms with Gasteiger partial charge in [0.05, 0.1) is 16.6 Å². The van der Waals surface area contributed by atoms with E-state index in [4.69, 9.17) is 4.74 Å². The molecule has 1 atom stereocenters. The summed E-state index contributed by atoms with van der Waals surface area (Å²) in [6, 6.07) is 13.6. The lowest BCUT2D eigenvalue weighted by Crippen LogP contribution is -2.54. The molecule has 1 aromatic heterocycles. The third kappa shape index (κ3) is 4.34. The zero-order chi connectivity index (χ0) is 23.9. The first-order valence-electron chi connectivity index (χ1n) is 11.0. The second-order valence-corrected chi connectivity index (χ2v) is 10.2. The van der Waals surface area contributed by atoms with Crippen molar-refractivity contribution in [2.24, 2.45) is 0 Å². The first-order chi connectivity index (χ1) is 16.3. The Morgan fingerprint density at radius 3 is 2.62 bits per heavy atom. The number of aryl methyl sites for hydroxylation is 2. The summed E-state index contributed by atoms with van der Waals surface area (Å²) in [7, 11) is -4.05. The van der Waals surface area contributed by atoms with Crippen LogP contribution in [-0.2, 0) is 10.0 Å². The number of carbonyl (C=O) groups excluding carboxylic acids is 1. The van der Waals surface area contributed by atoms with Crippen molar-refractivity contribution >= 4 is 21.9 Å². The Morgan fingerprint density at radius 2 is 1.82 bits per heavy atom. The van der Waals surface area contributed by atoms with Crippen molar-refractivity contribution in [3.05, 3.63) is 65.2 Å². The highest BCUT2D eigenvalue weighted by Crippen LogP contribution is 2.29. The predicted molar refractivity (Wildman–Crippen MR) is 127 cm³/mol. The van der Waals surface area contributed by atoms with E-state index < -0.39 is 10.0 Å². The van der Waals surface area contributed by atoms with Gasteiger partial charge in [-0.15, -0.1) is 0 Å². The average molecular weight is 480 g/mol. The molecule has 2 aliphatic rings. The molecule has 0 aliphatic carbocycles. The number of hydrogen-bond acceptors (Lipinski definition) is 7. The Bertz CT molecular complexity index is 1360. The van der Waals surface area contributed by atoms with Crippen LogP contribution in [0.25, 0.3) is 11.3 Å². The van der Waals surface area contributed by atoms with Crippen LogP contribution >= 0.6 is 0 Å². The van der Waals surface area contributed by atoms with Gasteiger partial charge in [-0.3, -0.25) is 4.79 Å². The van der Waals surface area contributed by atoms with Gasteiger partial charge in [0.15, 0.2) is 0 Å². The molecule has 3 aromatic rings. The number of aromatic nitrogens is 2. The summed E-state index contributed by atoms with van der Waals surface area (Å²) >= 11 is 0. The second kappa shape index (κ2) is 8.69. The monoisotopic (exact) mass is 479 g/mol. The Labute approximate surface area is 198 Å². The highest BCUT2D eigenvalue weighted by atomic mass is 32.2. The fourth-order valence-electron chi connectivity index (χ4n) is 4.36. The standard InChI is InChI=1S/C24H25N5O4S/c1-15-5-3-6-16(2)22(15)20-12-21-27-24(26-20)28-34(31,32)19-8-4-7-17(11-19)23(30)29-10-9-25-18(13-29)14-33-21/h3-8,11-12,18,25H,9-10,13-14H2,1-2H3,(H,26,27,28). The van der Waals surface area contributed by atoms with Crippen molar-refractivity contribution in [1.29, 1.82) is 0 Å². The summed E-state index contributed by atoms with van der Waals surface area (Å²) in [5, 5.41) is 3.37. The van der Waals surface area contributed by atoms with Crippen LogP contribution in [0.2, 0.25) is 0 Å². The molecule has 34 heavy (non-hydrogen) atoms. The summed E-state index contributed by atoms with van der Waals surface area (Å²) in [5.41, 5.74) is 3.78. The maximum Gasteiger partial charge on any atom is 0.264 e. The van der Waals surface area contributed by atoms with E-state index in [9.17, 15) is 13.2 Å². The van der Waals surface area contributed by atoms with Crippen LogP contribution in [0.1, 0.15) is 21.5 Å². The molecule has 176 valence electrons. The SMILES string of the molecule is Cc1cccc(C)c1-c1cc2nc(n1)NS(=O)(=O)c1cccc(c1)C(=O)N1CCNC(CO2)C1. The van der Waals surface area contributed by atoms with Crippen LogP contribution < -0.4 is 14.8 Å². The van der Waals surface area contributed by atoms with Crippen LogP contribution in [0.4, 0.5) is 5.95 Å². The summed E-state index contributed by atoms with van der Waals surface area (Å²) in [6.07, 6.45) is 0. The lowest BCUT2D eigenvalue weighted by molar-refractivity contribution is 0.0677. The number of rotatable bonds is 1. The van der Waals surface area contributed by atoms with Crippen molar-refractivity contribution in [1.82, 2.24) is 20.2 Å². The highest BCUT2D eigenvalue weighted by molar-refractivity contribution is 7.92. The van der Waals surface area contributed by atoms with E-state index in [0.29, 0.717) is 30.9 Å². The maximum absolute atomic E-state index is 13.2. The van der Waals surface area contributed by atoms with Crippen LogP contribution in [0, 0.1) is 13.8 Å². The van der Waals surface area contributed by atoms with E-state index >= 15 is 0 Å². The Morgan fingerprint density at radius 1 is 1.06 bits per heavy atom. The molecule has 3 heterocycles. The molecule has 0 spiro atoms. The molecule has 1 saturated heterocycles. The summed E-state index contributed by atoms with van der Waals surface area (Å²) < 4.78 is 34.8. The smallest absolute Gasteiger partial charge is 0.264 e. The quantitative estimate of drug-likeness (QED) is 0.551. The number of anilines is 1. The van der Waals surface area contributed by atoms with Gasteiger partial charge in [0.2, 0.25) is 11.8 Å². The molecule has 0 saturated carbocycles. The van der Waals surface area contributed by atoms with Gasteiger partial charge < -0.3 is 15.0 Å². The molecule has 2 aromatic carbocycles.